The van der Waals surface area contributed by atoms with Gasteiger partial charge in [0.05, 0.1) is 0 Å². The first-order valence-corrected chi connectivity index (χ1v) is 4.71. The zero-order valence-corrected chi connectivity index (χ0v) is 9.09. The van der Waals surface area contributed by atoms with Crippen molar-refractivity contribution in [2.45, 2.75) is 3.93 Å². The summed E-state index contributed by atoms with van der Waals surface area (Å²) in [6.45, 7) is -0.867. The maximum atomic E-state index is 13.0. The van der Waals surface area contributed by atoms with Gasteiger partial charge in [0.25, 0.3) is 0 Å². The molecule has 78 valence electrons. The molecule has 1 aromatic rings. The molecule has 0 fully saturated rings. The van der Waals surface area contributed by atoms with E-state index in [4.69, 9.17) is 5.73 Å². The molecule has 0 saturated carbocycles. The number of hydrogen-bond donors (Lipinski definition) is 1. The number of alkyl halides is 3. The van der Waals surface area contributed by atoms with Gasteiger partial charge in [-0.15, -0.1) is 0 Å². The summed E-state index contributed by atoms with van der Waals surface area (Å²) in [5.41, 5.74) is 5.48. The fourth-order valence-corrected chi connectivity index (χ4v) is 0.949. The van der Waals surface area contributed by atoms with Crippen LogP contribution in [0.1, 0.15) is 0 Å². The summed E-state index contributed by atoms with van der Waals surface area (Å²) in [6.07, 6.45) is 0. The normalized spacial score (nSPS) is 11.4. The van der Waals surface area contributed by atoms with E-state index < -0.39 is 16.4 Å². The topological polar surface area (TPSA) is 35.2 Å². The maximum absolute atomic E-state index is 13.0. The second-order valence-electron chi connectivity index (χ2n) is 2.59. The molecule has 0 radical (unpaired) electrons. The highest BCUT2D eigenvalue weighted by molar-refractivity contribution is 14.1. The third-order valence-electron chi connectivity index (χ3n) is 1.35. The number of nitrogens with two attached hydrogens (primary N) is 1. The SMILES string of the molecule is Nc1ccc(OCC(F)(F)I)c(F)c1. The van der Waals surface area contributed by atoms with Crippen LogP contribution >= 0.6 is 22.6 Å². The van der Waals surface area contributed by atoms with E-state index in [1.165, 1.54) is 12.1 Å². The first-order chi connectivity index (χ1) is 6.38. The number of halogens is 4. The van der Waals surface area contributed by atoms with Gasteiger partial charge in [-0.05, 0) is 12.1 Å². The van der Waals surface area contributed by atoms with E-state index in [1.54, 1.807) is 0 Å². The lowest BCUT2D eigenvalue weighted by molar-refractivity contribution is 0.0629. The molecule has 0 saturated heterocycles. The first kappa shape index (κ1) is 11.4. The van der Waals surface area contributed by atoms with Crippen LogP contribution in [0.4, 0.5) is 18.9 Å². The molecule has 0 aliphatic rings. The van der Waals surface area contributed by atoms with Gasteiger partial charge >= 0.3 is 3.93 Å². The molecule has 0 bridgehead atoms. The molecule has 0 atom stereocenters. The lowest BCUT2D eigenvalue weighted by Gasteiger charge is -2.11. The average Bonchev–Trinajstić information content (AvgIpc) is 2.00. The van der Waals surface area contributed by atoms with Crippen molar-refractivity contribution in [2.24, 2.45) is 0 Å². The molecule has 0 spiro atoms. The summed E-state index contributed by atoms with van der Waals surface area (Å²) in [4.78, 5) is 0. The van der Waals surface area contributed by atoms with Crippen molar-refractivity contribution in [2.75, 3.05) is 12.3 Å². The third-order valence-corrected chi connectivity index (χ3v) is 1.66. The Morgan fingerprint density at radius 3 is 2.57 bits per heavy atom. The molecule has 2 N–H and O–H groups in total. The van der Waals surface area contributed by atoms with Crippen LogP contribution in [0.15, 0.2) is 18.2 Å². The smallest absolute Gasteiger partial charge is 0.329 e. The van der Waals surface area contributed by atoms with E-state index in [0.29, 0.717) is 0 Å². The molecule has 6 heteroatoms. The third kappa shape index (κ3) is 3.60. The number of nitrogen functional groups attached to an aromatic ring is 1. The number of anilines is 1. The maximum Gasteiger partial charge on any atom is 0.329 e. The van der Waals surface area contributed by atoms with E-state index >= 15 is 0 Å². The Bertz CT molecular complexity index is 327. The van der Waals surface area contributed by atoms with Crippen LogP contribution in [0.25, 0.3) is 0 Å². The number of ether oxygens (including phenoxy) is 1. The predicted octanol–water partition coefficient (Wildman–Crippen LogP) is 2.81. The molecule has 0 aliphatic heterocycles. The zero-order chi connectivity index (χ0) is 10.8. The molecule has 0 aliphatic carbocycles. The number of hydrogen-bond acceptors (Lipinski definition) is 2. The van der Waals surface area contributed by atoms with Crippen molar-refractivity contribution < 1.29 is 17.9 Å². The lowest BCUT2D eigenvalue weighted by Crippen LogP contribution is -2.17. The van der Waals surface area contributed by atoms with Crippen LogP contribution in [-0.4, -0.2) is 10.5 Å². The van der Waals surface area contributed by atoms with Crippen molar-refractivity contribution in [3.05, 3.63) is 24.0 Å². The largest absolute Gasteiger partial charge is 0.483 e. The Balaban J connectivity index is 2.68. The van der Waals surface area contributed by atoms with Gasteiger partial charge in [-0.3, -0.25) is 0 Å². The summed E-state index contributed by atoms with van der Waals surface area (Å²) in [5.74, 6) is -0.971. The van der Waals surface area contributed by atoms with Crippen molar-refractivity contribution in [1.82, 2.24) is 0 Å². The summed E-state index contributed by atoms with van der Waals surface area (Å²) < 4.78 is 39.2. The Labute approximate surface area is 92.4 Å². The Morgan fingerprint density at radius 1 is 1.43 bits per heavy atom. The van der Waals surface area contributed by atoms with Gasteiger partial charge in [-0.25, -0.2) is 4.39 Å². The minimum Gasteiger partial charge on any atom is -0.483 e. The monoisotopic (exact) mass is 317 g/mol. The molecule has 0 unspecified atom stereocenters. The van der Waals surface area contributed by atoms with Gasteiger partial charge in [-0.1, -0.05) is 0 Å². The molecule has 0 aromatic heterocycles. The molecule has 0 heterocycles. The highest BCUT2D eigenvalue weighted by Crippen LogP contribution is 2.25. The van der Waals surface area contributed by atoms with Crippen molar-refractivity contribution in [1.29, 1.82) is 0 Å². The minimum absolute atomic E-state index is 0.219. The van der Waals surface area contributed by atoms with Crippen molar-refractivity contribution in [3.8, 4) is 5.75 Å². The Kier molecular flexibility index (Phi) is 3.46. The second kappa shape index (κ2) is 4.24. The van der Waals surface area contributed by atoms with Crippen molar-refractivity contribution >= 4 is 28.3 Å². The minimum atomic E-state index is -3.01. The summed E-state index contributed by atoms with van der Waals surface area (Å²) in [5, 5.41) is 0. The van der Waals surface area contributed by atoms with Gasteiger partial charge in [-0.2, -0.15) is 8.78 Å². The molecular weight excluding hydrogens is 310 g/mol. The van der Waals surface area contributed by atoms with E-state index in [0.717, 1.165) is 28.7 Å². The fraction of sp³-hybridized carbons (Fsp3) is 0.250. The predicted molar refractivity (Wildman–Crippen MR) is 55.3 cm³/mol. The number of rotatable bonds is 3. The molecule has 1 aromatic carbocycles. The van der Waals surface area contributed by atoms with Gasteiger partial charge in [0, 0.05) is 34.3 Å². The number of benzene rings is 1. The lowest BCUT2D eigenvalue weighted by atomic mass is 10.3. The van der Waals surface area contributed by atoms with Crippen LogP contribution in [0.3, 0.4) is 0 Å². The van der Waals surface area contributed by atoms with E-state index in [2.05, 4.69) is 4.74 Å². The van der Waals surface area contributed by atoms with Crippen LogP contribution < -0.4 is 10.5 Å². The molecule has 1 rings (SSSR count). The molecule has 0 amide bonds. The standard InChI is InChI=1S/C8H7F3INO/c9-6-3-5(13)1-2-7(6)14-4-8(10,11)12/h1-3H,4,13H2. The summed E-state index contributed by atoms with van der Waals surface area (Å²) in [7, 11) is 0. The van der Waals surface area contributed by atoms with Crippen molar-refractivity contribution in [3.63, 3.8) is 0 Å². The Hall–Kier alpha value is -0.660. The van der Waals surface area contributed by atoms with Crippen LogP contribution in [0.5, 0.6) is 5.75 Å². The first-order valence-electron chi connectivity index (χ1n) is 3.63. The van der Waals surface area contributed by atoms with Crippen LogP contribution in [-0.2, 0) is 0 Å². The van der Waals surface area contributed by atoms with E-state index in [1.807, 2.05) is 0 Å². The Morgan fingerprint density at radius 2 is 2.07 bits per heavy atom. The highest BCUT2D eigenvalue weighted by atomic mass is 127. The van der Waals surface area contributed by atoms with Gasteiger partial charge in [0.15, 0.2) is 18.2 Å². The molecule has 2 nitrogen and oxygen atoms in total. The quantitative estimate of drug-likeness (QED) is 0.529. The summed E-state index contributed by atoms with van der Waals surface area (Å²) in [6, 6.07) is 3.61. The van der Waals surface area contributed by atoms with Gasteiger partial charge in [0.1, 0.15) is 0 Å². The molecular formula is C8H7F3INO. The van der Waals surface area contributed by atoms with Gasteiger partial charge < -0.3 is 10.5 Å². The summed E-state index contributed by atoms with van der Waals surface area (Å²) >= 11 is 0.916. The molecule has 14 heavy (non-hydrogen) atoms. The average molecular weight is 317 g/mol. The van der Waals surface area contributed by atoms with E-state index in [-0.39, 0.29) is 11.4 Å². The van der Waals surface area contributed by atoms with Crippen LogP contribution in [0.2, 0.25) is 0 Å². The van der Waals surface area contributed by atoms with Crippen LogP contribution in [0, 0.1) is 5.82 Å². The zero-order valence-electron chi connectivity index (χ0n) is 6.94. The fourth-order valence-electron chi connectivity index (χ4n) is 0.794. The highest BCUT2D eigenvalue weighted by Gasteiger charge is 2.25. The van der Waals surface area contributed by atoms with Gasteiger partial charge in [0.2, 0.25) is 0 Å². The second-order valence-corrected chi connectivity index (χ2v) is 4.17. The van der Waals surface area contributed by atoms with E-state index in [9.17, 15) is 13.2 Å².